The third-order valence-corrected chi connectivity index (χ3v) is 6.31. The topological polar surface area (TPSA) is 0 Å². The minimum atomic E-state index is 1.06. The molecule has 0 nitrogen and oxygen atoms in total. The summed E-state index contributed by atoms with van der Waals surface area (Å²) in [5.74, 6) is 2.13. The molecule has 112 valence electrons. The standard InChI is InChI=1S/C18H22S3/c1-15-9-10-17(13-16(15)2)14-21-20-12-6-11-19-18-7-4-3-5-8-18/h4,6-10,12-13H,3,5,11,14H2,1-2H3/b12-6+. The number of benzene rings is 1. The van der Waals surface area contributed by atoms with Gasteiger partial charge in [0.05, 0.1) is 0 Å². The lowest BCUT2D eigenvalue weighted by molar-refractivity contribution is 1.03. The highest BCUT2D eigenvalue weighted by Crippen LogP contribution is 2.28. The van der Waals surface area contributed by atoms with Crippen LogP contribution in [0, 0.1) is 13.8 Å². The highest BCUT2D eigenvalue weighted by atomic mass is 33.1. The second-order valence-electron chi connectivity index (χ2n) is 5.05. The molecule has 0 aromatic heterocycles. The zero-order valence-electron chi connectivity index (χ0n) is 12.7. The number of hydrogen-bond acceptors (Lipinski definition) is 3. The van der Waals surface area contributed by atoms with Crippen molar-refractivity contribution < 1.29 is 0 Å². The molecule has 2 rings (SSSR count). The summed E-state index contributed by atoms with van der Waals surface area (Å²) >= 11 is 1.92. The minimum Gasteiger partial charge on any atom is -0.122 e. The van der Waals surface area contributed by atoms with Gasteiger partial charge in [-0.15, -0.1) is 11.8 Å². The van der Waals surface area contributed by atoms with Crippen molar-refractivity contribution in [1.29, 1.82) is 0 Å². The molecule has 0 amide bonds. The third kappa shape index (κ3) is 6.41. The Labute approximate surface area is 141 Å². The lowest BCUT2D eigenvalue weighted by atomic mass is 10.1. The second-order valence-corrected chi connectivity index (χ2v) is 8.41. The van der Waals surface area contributed by atoms with E-state index in [4.69, 9.17) is 0 Å². The van der Waals surface area contributed by atoms with Crippen LogP contribution < -0.4 is 0 Å². The molecular weight excluding hydrogens is 312 g/mol. The van der Waals surface area contributed by atoms with E-state index in [1.165, 1.54) is 34.4 Å². The number of hydrogen-bond donors (Lipinski definition) is 0. The number of aryl methyl sites for hydroxylation is 2. The van der Waals surface area contributed by atoms with Crippen molar-refractivity contribution in [3.05, 3.63) is 69.5 Å². The smallest absolute Gasteiger partial charge is 0.0292 e. The van der Waals surface area contributed by atoms with Crippen molar-refractivity contribution in [3.8, 4) is 0 Å². The van der Waals surface area contributed by atoms with Gasteiger partial charge in [0.1, 0.15) is 0 Å². The lowest BCUT2D eigenvalue weighted by Crippen LogP contribution is -1.84. The van der Waals surface area contributed by atoms with Crippen molar-refractivity contribution >= 4 is 33.3 Å². The molecule has 1 aromatic rings. The SMILES string of the molecule is Cc1ccc(CSS/C=C/CSC2=CCCC=C2)cc1C. The summed E-state index contributed by atoms with van der Waals surface area (Å²) in [6.07, 6.45) is 11.5. The van der Waals surface area contributed by atoms with E-state index in [0.717, 1.165) is 11.5 Å². The summed E-state index contributed by atoms with van der Waals surface area (Å²) in [6, 6.07) is 6.75. The molecule has 0 radical (unpaired) electrons. The predicted molar refractivity (Wildman–Crippen MR) is 103 cm³/mol. The average molecular weight is 335 g/mol. The first-order valence-corrected chi connectivity index (χ1v) is 10.6. The zero-order valence-corrected chi connectivity index (χ0v) is 15.1. The summed E-state index contributed by atoms with van der Waals surface area (Å²) < 4.78 is 0. The average Bonchev–Trinajstić information content (AvgIpc) is 2.51. The first-order valence-electron chi connectivity index (χ1n) is 7.24. The van der Waals surface area contributed by atoms with Gasteiger partial charge in [-0.25, -0.2) is 0 Å². The maximum Gasteiger partial charge on any atom is 0.0292 e. The Kier molecular flexibility index (Phi) is 7.62. The van der Waals surface area contributed by atoms with E-state index >= 15 is 0 Å². The zero-order chi connectivity index (χ0) is 14.9. The van der Waals surface area contributed by atoms with Gasteiger partial charge in [0.25, 0.3) is 0 Å². The third-order valence-electron chi connectivity index (χ3n) is 3.32. The van der Waals surface area contributed by atoms with Crippen LogP contribution in [-0.4, -0.2) is 5.75 Å². The van der Waals surface area contributed by atoms with E-state index < -0.39 is 0 Å². The Morgan fingerprint density at radius 3 is 2.81 bits per heavy atom. The van der Waals surface area contributed by atoms with Crippen LogP contribution in [0.1, 0.15) is 29.5 Å². The molecule has 0 atom stereocenters. The van der Waals surface area contributed by atoms with E-state index in [0.29, 0.717) is 0 Å². The van der Waals surface area contributed by atoms with Gasteiger partial charge in [-0.2, -0.15) is 0 Å². The van der Waals surface area contributed by atoms with Crippen LogP contribution in [0.5, 0.6) is 0 Å². The molecule has 1 aliphatic carbocycles. The maximum atomic E-state index is 2.33. The van der Waals surface area contributed by atoms with Gasteiger partial charge in [-0.3, -0.25) is 0 Å². The number of thioether (sulfide) groups is 1. The van der Waals surface area contributed by atoms with Gasteiger partial charge < -0.3 is 0 Å². The van der Waals surface area contributed by atoms with Gasteiger partial charge in [0, 0.05) is 16.4 Å². The van der Waals surface area contributed by atoms with Crippen LogP contribution >= 0.6 is 33.3 Å². The molecule has 0 aliphatic heterocycles. The normalized spacial score (nSPS) is 14.7. The number of allylic oxidation sites excluding steroid dienone is 3. The van der Waals surface area contributed by atoms with Crippen LogP contribution in [0.3, 0.4) is 0 Å². The predicted octanol–water partition coefficient (Wildman–Crippen LogP) is 6.67. The van der Waals surface area contributed by atoms with Crippen LogP contribution in [0.15, 0.2) is 52.8 Å². The first kappa shape index (κ1) is 16.9. The summed E-state index contributed by atoms with van der Waals surface area (Å²) in [5, 5.41) is 2.21. The molecule has 0 heterocycles. The van der Waals surface area contributed by atoms with E-state index in [-0.39, 0.29) is 0 Å². The fourth-order valence-electron chi connectivity index (χ4n) is 1.95. The fraction of sp³-hybridized carbons (Fsp3) is 0.333. The molecule has 0 bridgehead atoms. The Bertz CT molecular complexity index is 541. The van der Waals surface area contributed by atoms with Gasteiger partial charge in [0.2, 0.25) is 0 Å². The largest absolute Gasteiger partial charge is 0.122 e. The van der Waals surface area contributed by atoms with Crippen LogP contribution in [0.4, 0.5) is 0 Å². The molecule has 0 fully saturated rings. The van der Waals surface area contributed by atoms with Crippen LogP contribution in [-0.2, 0) is 5.75 Å². The Morgan fingerprint density at radius 1 is 1.14 bits per heavy atom. The molecule has 0 saturated carbocycles. The molecule has 0 saturated heterocycles. The van der Waals surface area contributed by atoms with Crippen molar-refractivity contribution in [2.75, 3.05) is 5.75 Å². The highest BCUT2D eigenvalue weighted by molar-refractivity contribution is 8.77. The molecule has 0 spiro atoms. The molecule has 1 aliphatic rings. The Morgan fingerprint density at radius 2 is 2.05 bits per heavy atom. The quantitative estimate of drug-likeness (QED) is 0.404. The highest BCUT2D eigenvalue weighted by Gasteiger charge is 1.97. The van der Waals surface area contributed by atoms with Crippen molar-refractivity contribution in [2.24, 2.45) is 0 Å². The van der Waals surface area contributed by atoms with Crippen LogP contribution in [0.2, 0.25) is 0 Å². The number of rotatable bonds is 7. The van der Waals surface area contributed by atoms with Crippen LogP contribution in [0.25, 0.3) is 0 Å². The van der Waals surface area contributed by atoms with E-state index in [1.54, 1.807) is 0 Å². The molecule has 1 aromatic carbocycles. The van der Waals surface area contributed by atoms with Crippen molar-refractivity contribution in [3.63, 3.8) is 0 Å². The second kappa shape index (κ2) is 9.50. The van der Waals surface area contributed by atoms with Gasteiger partial charge in [-0.1, -0.05) is 64.1 Å². The van der Waals surface area contributed by atoms with Gasteiger partial charge in [0.15, 0.2) is 0 Å². The molecule has 0 N–H and O–H groups in total. The first-order chi connectivity index (χ1) is 10.3. The molecular formula is C18H22S3. The van der Waals surface area contributed by atoms with E-state index in [1.807, 2.05) is 33.3 Å². The summed E-state index contributed by atoms with van der Waals surface area (Å²) in [7, 11) is 3.73. The van der Waals surface area contributed by atoms with Gasteiger partial charge in [-0.05, 0) is 48.8 Å². The van der Waals surface area contributed by atoms with Crippen molar-refractivity contribution in [2.45, 2.75) is 32.4 Å². The van der Waals surface area contributed by atoms with E-state index in [2.05, 4.69) is 61.8 Å². The molecule has 0 unspecified atom stereocenters. The Balaban J connectivity index is 1.60. The molecule has 21 heavy (non-hydrogen) atoms. The maximum absolute atomic E-state index is 2.33. The Hall–Kier alpha value is -0.510. The van der Waals surface area contributed by atoms with Crippen molar-refractivity contribution in [1.82, 2.24) is 0 Å². The fourth-order valence-corrected chi connectivity index (χ4v) is 4.61. The summed E-state index contributed by atoms with van der Waals surface area (Å²) in [4.78, 5) is 1.42. The minimum absolute atomic E-state index is 1.06. The van der Waals surface area contributed by atoms with E-state index in [9.17, 15) is 0 Å². The van der Waals surface area contributed by atoms with Gasteiger partial charge >= 0.3 is 0 Å². The molecule has 3 heteroatoms. The monoisotopic (exact) mass is 334 g/mol. The lowest BCUT2D eigenvalue weighted by Gasteiger charge is -2.04. The summed E-state index contributed by atoms with van der Waals surface area (Å²) in [6.45, 7) is 4.35. The summed E-state index contributed by atoms with van der Waals surface area (Å²) in [5.41, 5.74) is 4.18.